The van der Waals surface area contributed by atoms with Crippen LogP contribution in [0.1, 0.15) is 41.6 Å². The number of aliphatic carboxylic acids is 1. The Labute approximate surface area is 111 Å². The van der Waals surface area contributed by atoms with Gasteiger partial charge in [0, 0.05) is 11.5 Å². The summed E-state index contributed by atoms with van der Waals surface area (Å²) in [4.78, 5) is 23.5. The van der Waals surface area contributed by atoms with Gasteiger partial charge >= 0.3 is 5.97 Å². The molecule has 0 radical (unpaired) electrons. The molecule has 1 aromatic rings. The van der Waals surface area contributed by atoms with Crippen molar-refractivity contribution >= 4 is 11.8 Å². The summed E-state index contributed by atoms with van der Waals surface area (Å²) in [6, 6.07) is 4.35. The molecule has 2 rings (SSSR count). The number of carbonyl (C=O) groups is 2. The fourth-order valence-electron chi connectivity index (χ4n) is 2.70. The van der Waals surface area contributed by atoms with Gasteiger partial charge in [-0.25, -0.2) is 4.39 Å². The van der Waals surface area contributed by atoms with Gasteiger partial charge in [0.15, 0.2) is 5.78 Å². The first-order valence-electron chi connectivity index (χ1n) is 6.54. The Kier molecular flexibility index (Phi) is 3.98. The zero-order chi connectivity index (χ0) is 14.0. The predicted molar refractivity (Wildman–Crippen MR) is 68.6 cm³/mol. The van der Waals surface area contributed by atoms with E-state index in [1.165, 1.54) is 6.07 Å². The molecule has 1 saturated carbocycles. The van der Waals surface area contributed by atoms with Gasteiger partial charge in [0.05, 0.1) is 5.92 Å². The lowest BCUT2D eigenvalue weighted by molar-refractivity contribution is -0.144. The van der Waals surface area contributed by atoms with Gasteiger partial charge in [0.2, 0.25) is 0 Å². The molecule has 0 spiro atoms. The number of ketones is 1. The van der Waals surface area contributed by atoms with Crippen LogP contribution in [-0.4, -0.2) is 16.9 Å². The zero-order valence-electron chi connectivity index (χ0n) is 10.9. The van der Waals surface area contributed by atoms with Crippen molar-refractivity contribution in [2.24, 2.45) is 11.8 Å². The highest BCUT2D eigenvalue weighted by Gasteiger charge is 2.36. The summed E-state index contributed by atoms with van der Waals surface area (Å²) < 4.78 is 13.5. The Hall–Kier alpha value is -1.71. The fraction of sp³-hybridized carbons (Fsp3) is 0.467. The minimum Gasteiger partial charge on any atom is -0.481 e. The van der Waals surface area contributed by atoms with E-state index in [9.17, 15) is 19.1 Å². The highest BCUT2D eigenvalue weighted by molar-refractivity contribution is 6.00. The Morgan fingerprint density at radius 3 is 2.42 bits per heavy atom. The van der Waals surface area contributed by atoms with Gasteiger partial charge < -0.3 is 5.11 Å². The van der Waals surface area contributed by atoms with Crippen molar-refractivity contribution in [1.29, 1.82) is 0 Å². The second-order valence-corrected chi connectivity index (χ2v) is 5.16. The van der Waals surface area contributed by atoms with E-state index in [0.29, 0.717) is 18.4 Å². The number of Topliss-reactive ketones (excluding diaryl/α,β-unsaturated/α-hetero) is 1. The number of benzene rings is 1. The monoisotopic (exact) mass is 264 g/mol. The van der Waals surface area contributed by atoms with E-state index in [1.54, 1.807) is 19.1 Å². The summed E-state index contributed by atoms with van der Waals surface area (Å²) in [5, 5.41) is 9.18. The zero-order valence-corrected chi connectivity index (χ0v) is 10.9. The third-order valence-electron chi connectivity index (χ3n) is 3.88. The average Bonchev–Trinajstić information content (AvgIpc) is 2.41. The molecule has 4 heteroatoms. The first kappa shape index (κ1) is 13.7. The molecule has 0 aromatic heterocycles. The molecule has 2 atom stereocenters. The van der Waals surface area contributed by atoms with E-state index in [1.807, 2.05) is 0 Å². The van der Waals surface area contributed by atoms with Crippen molar-refractivity contribution in [2.75, 3.05) is 0 Å². The number of halogens is 1. The third kappa shape index (κ3) is 2.83. The van der Waals surface area contributed by atoms with Crippen molar-refractivity contribution < 1.29 is 19.1 Å². The number of rotatable bonds is 3. The van der Waals surface area contributed by atoms with Crippen LogP contribution in [-0.2, 0) is 4.79 Å². The van der Waals surface area contributed by atoms with Crippen LogP contribution in [0.2, 0.25) is 0 Å². The van der Waals surface area contributed by atoms with Gasteiger partial charge in [-0.05, 0) is 31.4 Å². The van der Waals surface area contributed by atoms with E-state index in [4.69, 9.17) is 0 Å². The maximum absolute atomic E-state index is 13.5. The summed E-state index contributed by atoms with van der Waals surface area (Å²) >= 11 is 0. The van der Waals surface area contributed by atoms with E-state index in [0.717, 1.165) is 12.8 Å². The fourth-order valence-corrected chi connectivity index (χ4v) is 2.70. The SMILES string of the molecule is Cc1ccc(C(=O)C2CCCCC2C(=O)O)cc1F. The second-order valence-electron chi connectivity index (χ2n) is 5.16. The van der Waals surface area contributed by atoms with Crippen LogP contribution in [0.3, 0.4) is 0 Å². The molecular weight excluding hydrogens is 247 g/mol. The quantitative estimate of drug-likeness (QED) is 0.853. The normalized spacial score (nSPS) is 23.1. The van der Waals surface area contributed by atoms with Gasteiger partial charge in [0.1, 0.15) is 5.82 Å². The lowest BCUT2D eigenvalue weighted by atomic mass is 9.75. The topological polar surface area (TPSA) is 54.4 Å². The minimum atomic E-state index is -0.925. The number of hydrogen-bond acceptors (Lipinski definition) is 2. The Morgan fingerprint density at radius 1 is 1.21 bits per heavy atom. The van der Waals surface area contributed by atoms with Gasteiger partial charge in [-0.1, -0.05) is 25.0 Å². The van der Waals surface area contributed by atoms with Crippen molar-refractivity contribution in [3.8, 4) is 0 Å². The maximum Gasteiger partial charge on any atom is 0.307 e. The number of carboxylic acid groups (broad SMARTS) is 1. The van der Waals surface area contributed by atoms with Crippen LogP contribution in [0.25, 0.3) is 0 Å². The van der Waals surface area contributed by atoms with Crippen LogP contribution >= 0.6 is 0 Å². The van der Waals surface area contributed by atoms with E-state index < -0.39 is 23.6 Å². The molecule has 19 heavy (non-hydrogen) atoms. The molecule has 1 N–H and O–H groups in total. The molecule has 0 amide bonds. The lowest BCUT2D eigenvalue weighted by Crippen LogP contribution is -2.32. The van der Waals surface area contributed by atoms with E-state index >= 15 is 0 Å². The number of carboxylic acids is 1. The molecular formula is C15H17FO3. The Bertz CT molecular complexity index is 510. The summed E-state index contributed by atoms with van der Waals surface area (Å²) in [5.41, 5.74) is 0.760. The molecule has 0 bridgehead atoms. The minimum absolute atomic E-state index is 0.244. The first-order valence-corrected chi connectivity index (χ1v) is 6.54. The largest absolute Gasteiger partial charge is 0.481 e. The molecule has 0 saturated heterocycles. The van der Waals surface area contributed by atoms with Crippen molar-refractivity contribution in [2.45, 2.75) is 32.6 Å². The van der Waals surface area contributed by atoms with Crippen molar-refractivity contribution in [1.82, 2.24) is 0 Å². The molecule has 0 aliphatic heterocycles. The standard InChI is InChI=1S/C15H17FO3/c1-9-6-7-10(8-13(9)16)14(17)11-4-2-3-5-12(11)15(18)19/h6-8,11-12H,2-5H2,1H3,(H,18,19). The average molecular weight is 264 g/mol. The molecule has 3 nitrogen and oxygen atoms in total. The first-order chi connectivity index (χ1) is 9.00. The predicted octanol–water partition coefficient (Wildman–Crippen LogP) is 3.21. The van der Waals surface area contributed by atoms with Gasteiger partial charge in [-0.2, -0.15) is 0 Å². The van der Waals surface area contributed by atoms with Crippen molar-refractivity contribution in [3.63, 3.8) is 0 Å². The second kappa shape index (κ2) is 5.51. The Balaban J connectivity index is 2.26. The van der Waals surface area contributed by atoms with Crippen molar-refractivity contribution in [3.05, 3.63) is 35.1 Å². The van der Waals surface area contributed by atoms with Gasteiger partial charge in [-0.15, -0.1) is 0 Å². The Morgan fingerprint density at radius 2 is 1.84 bits per heavy atom. The molecule has 1 aliphatic rings. The molecule has 2 unspecified atom stereocenters. The number of aryl methyl sites for hydroxylation is 1. The summed E-state index contributed by atoms with van der Waals surface area (Å²) in [6.45, 7) is 1.63. The van der Waals surface area contributed by atoms with Crippen LogP contribution < -0.4 is 0 Å². The van der Waals surface area contributed by atoms with Crippen LogP contribution in [0, 0.1) is 24.6 Å². The maximum atomic E-state index is 13.5. The van der Waals surface area contributed by atoms with Gasteiger partial charge in [-0.3, -0.25) is 9.59 Å². The third-order valence-corrected chi connectivity index (χ3v) is 3.88. The van der Waals surface area contributed by atoms with E-state index in [2.05, 4.69) is 0 Å². The lowest BCUT2D eigenvalue weighted by Gasteiger charge is -2.27. The van der Waals surface area contributed by atoms with Crippen LogP contribution in [0.5, 0.6) is 0 Å². The molecule has 0 heterocycles. The highest BCUT2D eigenvalue weighted by Crippen LogP contribution is 2.33. The van der Waals surface area contributed by atoms with Gasteiger partial charge in [0.25, 0.3) is 0 Å². The van der Waals surface area contributed by atoms with E-state index in [-0.39, 0.29) is 11.3 Å². The molecule has 102 valence electrons. The molecule has 1 aromatic carbocycles. The van der Waals surface area contributed by atoms with Crippen LogP contribution in [0.4, 0.5) is 4.39 Å². The highest BCUT2D eigenvalue weighted by atomic mass is 19.1. The summed E-state index contributed by atoms with van der Waals surface area (Å²) in [7, 11) is 0. The summed E-state index contributed by atoms with van der Waals surface area (Å²) in [6.07, 6.45) is 2.79. The molecule has 1 fully saturated rings. The molecule has 1 aliphatic carbocycles. The number of carbonyl (C=O) groups excluding carboxylic acids is 1. The van der Waals surface area contributed by atoms with Crippen LogP contribution in [0.15, 0.2) is 18.2 Å². The summed E-state index contributed by atoms with van der Waals surface area (Å²) in [5.74, 6) is -2.75. The number of hydrogen-bond donors (Lipinski definition) is 1. The smallest absolute Gasteiger partial charge is 0.307 e.